The molecule has 0 unspecified atom stereocenters. The van der Waals surface area contributed by atoms with Crippen LogP contribution in [0.3, 0.4) is 0 Å². The second-order valence-electron chi connectivity index (χ2n) is 8.79. The molecule has 2 aromatic carbocycles. The van der Waals surface area contributed by atoms with Crippen LogP contribution in [0.4, 0.5) is 0 Å². The van der Waals surface area contributed by atoms with Gasteiger partial charge < -0.3 is 4.74 Å². The molecule has 2 aliphatic heterocycles. The van der Waals surface area contributed by atoms with E-state index in [1.165, 1.54) is 28.1 Å². The number of esters is 1. The molecular weight excluding hydrogens is 434 g/mol. The second kappa shape index (κ2) is 9.21. The number of carbonyl (C=O) groups excluding carboxylic acids is 4. The van der Waals surface area contributed by atoms with Crippen molar-refractivity contribution in [1.29, 1.82) is 0 Å². The first kappa shape index (κ1) is 22.0. The van der Waals surface area contributed by atoms with E-state index in [4.69, 9.17) is 4.74 Å². The lowest BCUT2D eigenvalue weighted by Crippen LogP contribution is -2.40. The lowest BCUT2D eigenvalue weighted by molar-refractivity contribution is -0.134. The van der Waals surface area contributed by atoms with Gasteiger partial charge in [0.2, 0.25) is 0 Å². The highest BCUT2D eigenvalue weighted by Gasteiger charge is 2.40. The van der Waals surface area contributed by atoms with Crippen molar-refractivity contribution in [2.24, 2.45) is 5.10 Å². The number of rotatable bonds is 5. The van der Waals surface area contributed by atoms with Gasteiger partial charge in [-0.2, -0.15) is 5.10 Å². The molecule has 0 aromatic heterocycles. The number of hydrogen-bond donors (Lipinski definition) is 0. The summed E-state index contributed by atoms with van der Waals surface area (Å²) < 4.78 is 5.20. The van der Waals surface area contributed by atoms with E-state index in [-0.39, 0.29) is 29.0 Å². The van der Waals surface area contributed by atoms with Crippen molar-refractivity contribution in [3.8, 4) is 0 Å². The van der Waals surface area contributed by atoms with Crippen LogP contribution in [-0.2, 0) is 9.53 Å². The fourth-order valence-electron chi connectivity index (χ4n) is 4.81. The van der Waals surface area contributed by atoms with Crippen LogP contribution < -0.4 is 0 Å². The molecule has 8 heteroatoms. The van der Waals surface area contributed by atoms with Crippen LogP contribution in [0.25, 0.3) is 0 Å². The quantitative estimate of drug-likeness (QED) is 0.504. The number of amides is 3. The highest BCUT2D eigenvalue weighted by atomic mass is 16.5. The molecular formula is C26H25N3O5. The number of benzene rings is 2. The second-order valence-corrected chi connectivity index (χ2v) is 8.79. The summed E-state index contributed by atoms with van der Waals surface area (Å²) in [5.74, 6) is -1.81. The molecule has 1 fully saturated rings. The topological polar surface area (TPSA) is 96.3 Å². The van der Waals surface area contributed by atoms with Crippen LogP contribution in [-0.4, -0.2) is 58.5 Å². The van der Waals surface area contributed by atoms with Crippen molar-refractivity contribution in [3.63, 3.8) is 0 Å². The van der Waals surface area contributed by atoms with Crippen molar-refractivity contribution in [2.75, 3.05) is 13.2 Å². The molecule has 0 atom stereocenters. The van der Waals surface area contributed by atoms with Gasteiger partial charge in [0.15, 0.2) is 6.61 Å². The third-order valence-corrected chi connectivity index (χ3v) is 6.62. The minimum atomic E-state index is -0.723. The van der Waals surface area contributed by atoms with Gasteiger partial charge in [0.1, 0.15) is 0 Å². The molecule has 0 spiro atoms. The van der Waals surface area contributed by atoms with Crippen molar-refractivity contribution >= 4 is 29.4 Å². The van der Waals surface area contributed by atoms with Crippen molar-refractivity contribution in [2.45, 2.75) is 44.6 Å². The molecule has 0 saturated heterocycles. The summed E-state index contributed by atoms with van der Waals surface area (Å²) in [5, 5.41) is 5.66. The van der Waals surface area contributed by atoms with Gasteiger partial charge >= 0.3 is 5.97 Å². The van der Waals surface area contributed by atoms with Gasteiger partial charge in [-0.1, -0.05) is 49.6 Å². The van der Waals surface area contributed by atoms with Crippen molar-refractivity contribution in [3.05, 3.63) is 70.8 Å². The molecule has 0 radical (unpaired) electrons. The minimum Gasteiger partial charge on any atom is -0.452 e. The van der Waals surface area contributed by atoms with Gasteiger partial charge in [0.05, 0.1) is 28.9 Å². The van der Waals surface area contributed by atoms with Gasteiger partial charge in [0, 0.05) is 12.5 Å². The maximum Gasteiger partial charge on any atom is 0.338 e. The lowest BCUT2D eigenvalue weighted by atomic mass is 9.94. The smallest absolute Gasteiger partial charge is 0.338 e. The third-order valence-electron chi connectivity index (χ3n) is 6.62. The molecule has 1 aliphatic carbocycles. The highest BCUT2D eigenvalue weighted by molar-refractivity contribution is 6.22. The zero-order chi connectivity index (χ0) is 23.7. The first-order chi connectivity index (χ1) is 16.5. The Morgan fingerprint density at radius 2 is 1.68 bits per heavy atom. The Bertz CT molecular complexity index is 1180. The average molecular weight is 460 g/mol. The predicted octanol–water partition coefficient (Wildman–Crippen LogP) is 3.41. The minimum absolute atomic E-state index is 0.0871. The summed E-state index contributed by atoms with van der Waals surface area (Å²) in [7, 11) is 0. The summed E-state index contributed by atoms with van der Waals surface area (Å²) in [5.41, 5.74) is 2.42. The Kier molecular flexibility index (Phi) is 5.96. The number of ether oxygens (including phenoxy) is 1. The van der Waals surface area contributed by atoms with Crippen LogP contribution in [0.5, 0.6) is 0 Å². The molecule has 0 N–H and O–H groups in total. The van der Waals surface area contributed by atoms with E-state index in [1.54, 1.807) is 0 Å². The number of imide groups is 1. The molecule has 3 amide bonds. The maximum absolute atomic E-state index is 12.9. The van der Waals surface area contributed by atoms with Crippen LogP contribution in [0.1, 0.15) is 75.2 Å². The zero-order valence-corrected chi connectivity index (χ0v) is 18.7. The van der Waals surface area contributed by atoms with E-state index < -0.39 is 18.5 Å². The molecule has 1 saturated carbocycles. The molecule has 174 valence electrons. The zero-order valence-electron chi connectivity index (χ0n) is 18.7. The maximum atomic E-state index is 12.9. The Morgan fingerprint density at radius 3 is 2.44 bits per heavy atom. The number of hydrogen-bond acceptors (Lipinski definition) is 6. The van der Waals surface area contributed by atoms with Crippen LogP contribution in [0.15, 0.2) is 53.6 Å². The van der Waals surface area contributed by atoms with Gasteiger partial charge in [-0.3, -0.25) is 19.3 Å². The molecule has 0 bridgehead atoms. The largest absolute Gasteiger partial charge is 0.452 e. The summed E-state index contributed by atoms with van der Waals surface area (Å²) in [6.07, 6.45) is 5.36. The molecule has 2 aromatic rings. The Balaban J connectivity index is 1.22. The van der Waals surface area contributed by atoms with Crippen molar-refractivity contribution in [1.82, 2.24) is 9.91 Å². The summed E-state index contributed by atoms with van der Waals surface area (Å²) in [4.78, 5) is 52.2. The summed E-state index contributed by atoms with van der Waals surface area (Å²) in [6.45, 7) is -0.0321. The summed E-state index contributed by atoms with van der Waals surface area (Å²) in [6, 6.07) is 13.9. The fraction of sp³-hybridized carbons (Fsp3) is 0.346. The van der Waals surface area contributed by atoms with Crippen LogP contribution in [0.2, 0.25) is 0 Å². The van der Waals surface area contributed by atoms with Crippen LogP contribution >= 0.6 is 0 Å². The fourth-order valence-corrected chi connectivity index (χ4v) is 4.81. The Labute approximate surface area is 197 Å². The number of hydrazone groups is 1. The average Bonchev–Trinajstić information content (AvgIpc) is 3.47. The third kappa shape index (κ3) is 4.11. The van der Waals surface area contributed by atoms with Crippen LogP contribution in [0, 0.1) is 0 Å². The highest BCUT2D eigenvalue weighted by Crippen LogP contribution is 2.31. The van der Waals surface area contributed by atoms with E-state index in [0.717, 1.165) is 43.4 Å². The summed E-state index contributed by atoms with van der Waals surface area (Å²) >= 11 is 0. The molecule has 34 heavy (non-hydrogen) atoms. The normalized spacial score (nSPS) is 18.2. The lowest BCUT2D eigenvalue weighted by Gasteiger charge is -2.29. The molecule has 5 rings (SSSR count). The van der Waals surface area contributed by atoms with E-state index in [2.05, 4.69) is 5.10 Å². The van der Waals surface area contributed by atoms with E-state index in [1.807, 2.05) is 30.3 Å². The van der Waals surface area contributed by atoms with Crippen molar-refractivity contribution < 1.29 is 23.9 Å². The van der Waals surface area contributed by atoms with Gasteiger partial charge in [-0.15, -0.1) is 0 Å². The Hall–Kier alpha value is -3.81. The van der Waals surface area contributed by atoms with Gasteiger partial charge in [-0.05, 0) is 36.6 Å². The van der Waals surface area contributed by atoms with E-state index in [0.29, 0.717) is 18.5 Å². The first-order valence-electron chi connectivity index (χ1n) is 11.7. The molecule has 3 aliphatic rings. The number of nitrogens with zero attached hydrogens (tertiary/aromatic N) is 3. The van der Waals surface area contributed by atoms with Gasteiger partial charge in [0.25, 0.3) is 17.7 Å². The van der Waals surface area contributed by atoms with E-state index >= 15 is 0 Å². The number of fused-ring (bicyclic) bond motifs is 1. The van der Waals surface area contributed by atoms with E-state index in [9.17, 15) is 19.2 Å². The molecule has 2 heterocycles. The first-order valence-corrected chi connectivity index (χ1v) is 11.7. The predicted molar refractivity (Wildman–Crippen MR) is 123 cm³/mol. The molecule has 8 nitrogen and oxygen atoms in total. The van der Waals surface area contributed by atoms with Gasteiger partial charge in [-0.25, -0.2) is 9.80 Å². The Morgan fingerprint density at radius 1 is 0.941 bits per heavy atom. The SMILES string of the molecule is O=C(OCC(=O)N1CCC(c2ccccc2)=N1)c1ccc2c(c1)C(=O)N(C1CCCCC1)C2=O. The number of carbonyl (C=O) groups is 4. The standard InChI is InChI=1S/C26H25N3O5/c30-23(28-14-13-22(27-28)17-7-3-1-4-8-17)16-34-26(33)18-11-12-20-21(15-18)25(32)29(24(20)31)19-9-5-2-6-10-19/h1,3-4,7-8,11-12,15,19H,2,5-6,9-10,13-14,16H2. The monoisotopic (exact) mass is 459 g/mol.